The van der Waals surface area contributed by atoms with Crippen molar-refractivity contribution in [1.29, 1.82) is 0 Å². The van der Waals surface area contributed by atoms with Gasteiger partial charge in [0.2, 0.25) is 23.4 Å². The first-order valence-electron chi connectivity index (χ1n) is 13.3. The van der Waals surface area contributed by atoms with E-state index in [4.69, 9.17) is 34.0 Å². The van der Waals surface area contributed by atoms with E-state index in [0.29, 0.717) is 0 Å². The summed E-state index contributed by atoms with van der Waals surface area (Å²) in [5, 5.41) is 22.6. The number of aromatic amines is 1. The number of H-pyrrole nitrogens is 1. The quantitative estimate of drug-likeness (QED) is 0.124. The van der Waals surface area contributed by atoms with Gasteiger partial charge in [0.25, 0.3) is 11.4 Å². The van der Waals surface area contributed by atoms with E-state index in [1.165, 1.54) is 23.4 Å². The van der Waals surface area contributed by atoms with Crippen LogP contribution >= 0.6 is 15.6 Å². The van der Waals surface area contributed by atoms with Gasteiger partial charge in [-0.05, 0) is 12.8 Å². The van der Waals surface area contributed by atoms with Crippen LogP contribution in [0.5, 0.6) is 11.5 Å². The zero-order valence-electron chi connectivity index (χ0n) is 23.2. The fourth-order valence-corrected chi connectivity index (χ4v) is 7.27. The number of hydrogen-bond acceptors (Lipinski definition) is 17. The molecule has 46 heavy (non-hydrogen) atoms. The molecule has 24 heteroatoms. The summed E-state index contributed by atoms with van der Waals surface area (Å²) in [5.41, 5.74) is 9.06. The summed E-state index contributed by atoms with van der Waals surface area (Å²) in [7, 11) is -10.2. The molecule has 5 aromatic rings. The highest BCUT2D eigenvalue weighted by molar-refractivity contribution is 7.48. The Morgan fingerprint density at radius 3 is 2.65 bits per heavy atom. The molecule has 1 aliphatic carbocycles. The molecule has 1 aliphatic heterocycles. The van der Waals surface area contributed by atoms with Crippen LogP contribution in [0.3, 0.4) is 0 Å². The van der Waals surface area contributed by atoms with E-state index in [-0.39, 0.29) is 47.1 Å². The minimum absolute atomic E-state index is 0.0162. The zero-order chi connectivity index (χ0) is 32.6. The van der Waals surface area contributed by atoms with Gasteiger partial charge in [-0.15, -0.1) is 0 Å². The van der Waals surface area contributed by atoms with Crippen LogP contribution in [-0.4, -0.2) is 77.3 Å². The van der Waals surface area contributed by atoms with Gasteiger partial charge in [0, 0.05) is 6.42 Å². The fraction of sp³-hybridized carbons (Fsp3) is 0.364. The molecule has 5 aromatic heterocycles. The highest BCUT2D eigenvalue weighted by Crippen LogP contribution is 2.57. The molecule has 0 saturated heterocycles. The summed E-state index contributed by atoms with van der Waals surface area (Å²) in [5.74, 6) is -2.94. The minimum atomic E-state index is -5.12. The number of aromatic hydroxyl groups is 1. The number of nitrogens with two attached hydrogens (primary N) is 2. The standard InChI is InChI=1S/C22H24N10O12P2/c23-20-25-5-9-16(28-20)32(7-26-9)19-13(33)14-11(42-19)6-41-46(38,39)44-15-10(1-2-22(15,35)3-4-40-45(36,37)43-14)31-8-27-12-17(31)29-21(24)30-18(12)34/h5,7-8,10,15,33,35H,1-4,6H2,(H,36,37)(H,38,39)(H2,23,25,28)(H3,24,29,30,34)/t10-,15?,22?/m1/s1. The maximum atomic E-state index is 13.4. The minimum Gasteiger partial charge on any atom is -0.500 e. The second-order valence-electron chi connectivity index (χ2n) is 10.5. The van der Waals surface area contributed by atoms with Crippen molar-refractivity contribution in [2.24, 2.45) is 0 Å². The molecule has 0 amide bonds. The third-order valence-corrected chi connectivity index (χ3v) is 9.45. The number of rotatable bonds is 2. The first-order chi connectivity index (χ1) is 21.7. The Balaban J connectivity index is 1.27. The number of nitrogen functional groups attached to an aromatic ring is 2. The molecule has 0 spiro atoms. The zero-order valence-corrected chi connectivity index (χ0v) is 24.9. The highest BCUT2D eigenvalue weighted by atomic mass is 31.2. The van der Waals surface area contributed by atoms with Gasteiger partial charge in [0.05, 0.1) is 30.8 Å². The SMILES string of the molecule is Nc1ncc2ncn(-c3oc4c(c3O)OP(=O)(O)OCCC3(O)CC[C@@H](n5cnc6c(=O)[nH]c(N)nc65)C3OP(=O)(O)OC4)c2n1. The number of phosphoric ester groups is 2. The third kappa shape index (κ3) is 5.19. The number of phosphoric acid groups is 2. The normalized spacial score (nSPS) is 29.0. The molecule has 0 bridgehead atoms. The van der Waals surface area contributed by atoms with Crippen LogP contribution in [0.1, 0.15) is 31.1 Å². The van der Waals surface area contributed by atoms with Crippen LogP contribution in [0.2, 0.25) is 0 Å². The van der Waals surface area contributed by atoms with Crippen LogP contribution < -0.4 is 21.6 Å². The van der Waals surface area contributed by atoms with Crippen LogP contribution in [0.15, 0.2) is 28.1 Å². The Labute approximate surface area is 254 Å². The number of nitrogens with zero attached hydrogens (tertiary/aromatic N) is 7. The first kappa shape index (κ1) is 30.3. The average Bonchev–Trinajstić information content (AvgIpc) is 3.72. The Hall–Kier alpha value is -4.40. The summed E-state index contributed by atoms with van der Waals surface area (Å²) < 4.78 is 55.4. The van der Waals surface area contributed by atoms with Crippen molar-refractivity contribution in [3.05, 3.63) is 35.0 Å². The molecule has 22 nitrogen and oxygen atoms in total. The van der Waals surface area contributed by atoms with Crippen molar-refractivity contribution in [1.82, 2.24) is 39.0 Å². The third-order valence-electron chi connectivity index (χ3n) is 7.58. The van der Waals surface area contributed by atoms with Gasteiger partial charge in [0.15, 0.2) is 22.6 Å². The molecule has 2 aliphatic rings. The molecule has 1 fully saturated rings. The van der Waals surface area contributed by atoms with Gasteiger partial charge in [-0.2, -0.15) is 9.97 Å². The monoisotopic (exact) mass is 682 g/mol. The van der Waals surface area contributed by atoms with Gasteiger partial charge in [-0.25, -0.2) is 28.6 Å². The molecule has 0 aromatic carbocycles. The van der Waals surface area contributed by atoms with E-state index in [1.807, 2.05) is 0 Å². The predicted octanol–water partition coefficient (Wildman–Crippen LogP) is 0.379. The van der Waals surface area contributed by atoms with E-state index in [2.05, 4.69) is 29.9 Å². The van der Waals surface area contributed by atoms with E-state index >= 15 is 0 Å². The van der Waals surface area contributed by atoms with Crippen molar-refractivity contribution in [2.45, 2.75) is 43.6 Å². The lowest BCUT2D eigenvalue weighted by Gasteiger charge is -2.33. The topological polar surface area (TPSA) is 324 Å². The molecule has 0 radical (unpaired) electrons. The number of aliphatic hydroxyl groups is 1. The van der Waals surface area contributed by atoms with Crippen LogP contribution in [0.25, 0.3) is 28.2 Å². The first-order valence-corrected chi connectivity index (χ1v) is 16.3. The van der Waals surface area contributed by atoms with Crippen LogP contribution in [0.4, 0.5) is 11.9 Å². The Kier molecular flexibility index (Phi) is 6.96. The molecule has 7 rings (SSSR count). The number of hydrogen-bond donors (Lipinski definition) is 7. The second kappa shape index (κ2) is 10.6. The van der Waals surface area contributed by atoms with Crippen molar-refractivity contribution < 1.29 is 51.6 Å². The van der Waals surface area contributed by atoms with Crippen molar-refractivity contribution in [2.75, 3.05) is 18.1 Å². The van der Waals surface area contributed by atoms with Crippen molar-refractivity contribution in [3.8, 4) is 17.4 Å². The van der Waals surface area contributed by atoms with E-state index < -0.39 is 81.7 Å². The maximum Gasteiger partial charge on any atom is 0.527 e. The predicted molar refractivity (Wildman–Crippen MR) is 151 cm³/mol. The van der Waals surface area contributed by atoms with Gasteiger partial charge < -0.3 is 40.1 Å². The summed E-state index contributed by atoms with van der Waals surface area (Å²) in [6.07, 6.45) is 1.84. The van der Waals surface area contributed by atoms with Gasteiger partial charge in [0.1, 0.15) is 24.6 Å². The maximum absolute atomic E-state index is 13.4. The molecule has 1 saturated carbocycles. The molecule has 9 N–H and O–H groups in total. The molecule has 6 heterocycles. The second-order valence-corrected chi connectivity index (χ2v) is 13.2. The van der Waals surface area contributed by atoms with Gasteiger partial charge in [-0.3, -0.25) is 28.2 Å². The molecule has 244 valence electrons. The van der Waals surface area contributed by atoms with E-state index in [9.17, 15) is 33.9 Å². The highest BCUT2D eigenvalue weighted by Gasteiger charge is 2.53. The van der Waals surface area contributed by atoms with Crippen molar-refractivity contribution in [3.63, 3.8) is 0 Å². The number of nitrogens with one attached hydrogen (secondary N) is 1. The lowest BCUT2D eigenvalue weighted by atomic mass is 9.95. The Morgan fingerprint density at radius 1 is 1.04 bits per heavy atom. The van der Waals surface area contributed by atoms with Crippen LogP contribution in [0, 0.1) is 0 Å². The van der Waals surface area contributed by atoms with Gasteiger partial charge in [-0.1, -0.05) is 0 Å². The summed E-state index contributed by atoms with van der Waals surface area (Å²) in [6.45, 7) is -1.58. The number of imidazole rings is 2. The molecular weight excluding hydrogens is 658 g/mol. The lowest BCUT2D eigenvalue weighted by molar-refractivity contribution is -0.0761. The largest absolute Gasteiger partial charge is 0.527 e. The lowest BCUT2D eigenvalue weighted by Crippen LogP contribution is -2.43. The molecule has 4 unspecified atom stereocenters. The molecular formula is C22H24N10O12P2. The van der Waals surface area contributed by atoms with E-state index in [0.717, 1.165) is 4.57 Å². The Morgan fingerprint density at radius 2 is 1.85 bits per heavy atom. The number of anilines is 2. The average molecular weight is 682 g/mol. The van der Waals surface area contributed by atoms with Gasteiger partial charge >= 0.3 is 15.6 Å². The number of furan rings is 1. The summed E-state index contributed by atoms with van der Waals surface area (Å²) in [4.78, 5) is 56.1. The fourth-order valence-electron chi connectivity index (χ4n) is 5.51. The smallest absolute Gasteiger partial charge is 0.500 e. The Bertz CT molecular complexity index is 2160. The van der Waals surface area contributed by atoms with Crippen molar-refractivity contribution >= 4 is 49.9 Å². The number of aromatic nitrogens is 8. The van der Waals surface area contributed by atoms with E-state index in [1.54, 1.807) is 0 Å². The number of fused-ring (bicyclic) bond motifs is 4. The summed E-state index contributed by atoms with van der Waals surface area (Å²) >= 11 is 0. The molecule has 5 atom stereocenters. The summed E-state index contributed by atoms with van der Waals surface area (Å²) in [6, 6.07) is -0.950. The van der Waals surface area contributed by atoms with Crippen LogP contribution in [-0.2, 0) is 29.3 Å².